The Morgan fingerprint density at radius 1 is 1.36 bits per heavy atom. The highest BCUT2D eigenvalue weighted by atomic mass is 19.2. The van der Waals surface area contributed by atoms with Gasteiger partial charge in [0.2, 0.25) is 0 Å². The fourth-order valence-corrected chi connectivity index (χ4v) is 0.874. The van der Waals surface area contributed by atoms with Gasteiger partial charge < -0.3 is 10.1 Å². The van der Waals surface area contributed by atoms with Crippen molar-refractivity contribution >= 4 is 12.2 Å². The first-order chi connectivity index (χ1) is 6.65. The highest BCUT2D eigenvalue weighted by molar-refractivity contribution is 5.95. The number of hydrogen-bond acceptors (Lipinski definition) is 2. The van der Waals surface area contributed by atoms with Gasteiger partial charge in [0, 0.05) is 5.56 Å². The number of nitrogens with one attached hydrogen (secondary N) is 1. The SMILES string of the molecule is O=CCNC(=O)c1ccc(F)c(F)c1. The van der Waals surface area contributed by atoms with Crippen LogP contribution in [0.25, 0.3) is 0 Å². The quantitative estimate of drug-likeness (QED) is 0.735. The third kappa shape index (κ3) is 2.35. The smallest absolute Gasteiger partial charge is 0.251 e. The summed E-state index contributed by atoms with van der Waals surface area (Å²) >= 11 is 0. The third-order valence-electron chi connectivity index (χ3n) is 1.53. The maximum Gasteiger partial charge on any atom is 0.251 e. The summed E-state index contributed by atoms with van der Waals surface area (Å²) in [7, 11) is 0. The molecule has 0 aliphatic heterocycles. The van der Waals surface area contributed by atoms with Crippen LogP contribution in [0.4, 0.5) is 8.78 Å². The van der Waals surface area contributed by atoms with Gasteiger partial charge in [-0.2, -0.15) is 0 Å². The number of hydrogen-bond donors (Lipinski definition) is 1. The molecule has 0 aliphatic rings. The molecule has 74 valence electrons. The van der Waals surface area contributed by atoms with E-state index in [1.807, 2.05) is 0 Å². The van der Waals surface area contributed by atoms with Gasteiger partial charge in [0.1, 0.15) is 6.29 Å². The lowest BCUT2D eigenvalue weighted by atomic mass is 10.2. The summed E-state index contributed by atoms with van der Waals surface area (Å²) in [6.07, 6.45) is 0.498. The topological polar surface area (TPSA) is 46.2 Å². The van der Waals surface area contributed by atoms with Crippen molar-refractivity contribution in [3.63, 3.8) is 0 Å². The van der Waals surface area contributed by atoms with Crippen LogP contribution in [-0.2, 0) is 4.79 Å². The van der Waals surface area contributed by atoms with Crippen LogP contribution < -0.4 is 5.32 Å². The lowest BCUT2D eigenvalue weighted by Gasteiger charge is -2.01. The van der Waals surface area contributed by atoms with E-state index in [2.05, 4.69) is 5.32 Å². The number of benzene rings is 1. The molecule has 0 bridgehead atoms. The maximum absolute atomic E-state index is 12.6. The summed E-state index contributed by atoms with van der Waals surface area (Å²) in [5.74, 6) is -2.73. The Hall–Kier alpha value is -1.78. The Bertz CT molecular complexity index is 366. The Labute approximate surface area is 78.7 Å². The zero-order valence-corrected chi connectivity index (χ0v) is 7.09. The first-order valence-electron chi connectivity index (χ1n) is 3.82. The van der Waals surface area contributed by atoms with Gasteiger partial charge >= 0.3 is 0 Å². The number of halogens is 2. The van der Waals surface area contributed by atoms with E-state index in [0.29, 0.717) is 6.29 Å². The van der Waals surface area contributed by atoms with E-state index in [1.54, 1.807) is 0 Å². The Kier molecular flexibility index (Phi) is 3.28. The molecule has 1 N–H and O–H groups in total. The molecule has 1 amide bonds. The normalized spacial score (nSPS) is 9.57. The molecular weight excluding hydrogens is 192 g/mol. The molecule has 0 aliphatic carbocycles. The van der Waals surface area contributed by atoms with Crippen molar-refractivity contribution in [2.45, 2.75) is 0 Å². The molecule has 0 radical (unpaired) electrons. The Balaban J connectivity index is 2.80. The van der Waals surface area contributed by atoms with Crippen LogP contribution in [0, 0.1) is 11.6 Å². The second kappa shape index (κ2) is 4.45. The number of rotatable bonds is 3. The molecule has 1 rings (SSSR count). The van der Waals surface area contributed by atoms with E-state index in [4.69, 9.17) is 0 Å². The minimum Gasteiger partial charge on any atom is -0.345 e. The molecular formula is C9H7F2NO2. The molecule has 0 saturated carbocycles. The van der Waals surface area contributed by atoms with E-state index < -0.39 is 17.5 Å². The van der Waals surface area contributed by atoms with Crippen LogP contribution in [0.3, 0.4) is 0 Å². The predicted molar refractivity (Wildman–Crippen MR) is 44.8 cm³/mol. The van der Waals surface area contributed by atoms with Gasteiger partial charge in [0.25, 0.3) is 5.91 Å². The van der Waals surface area contributed by atoms with Crippen molar-refractivity contribution in [1.82, 2.24) is 5.32 Å². The van der Waals surface area contributed by atoms with Crippen LogP contribution in [0.5, 0.6) is 0 Å². The largest absolute Gasteiger partial charge is 0.345 e. The summed E-state index contributed by atoms with van der Waals surface area (Å²) in [6, 6.07) is 2.76. The fourth-order valence-electron chi connectivity index (χ4n) is 0.874. The zero-order valence-electron chi connectivity index (χ0n) is 7.09. The fraction of sp³-hybridized carbons (Fsp3) is 0.111. The molecule has 5 heteroatoms. The predicted octanol–water partition coefficient (Wildman–Crippen LogP) is 0.894. The third-order valence-corrected chi connectivity index (χ3v) is 1.53. The molecule has 0 heterocycles. The highest BCUT2D eigenvalue weighted by Gasteiger charge is 2.08. The summed E-state index contributed by atoms with van der Waals surface area (Å²) in [5.41, 5.74) is -0.0225. The first kappa shape index (κ1) is 10.3. The molecule has 0 saturated heterocycles. The Morgan fingerprint density at radius 3 is 2.64 bits per heavy atom. The second-order valence-corrected chi connectivity index (χ2v) is 2.51. The van der Waals surface area contributed by atoms with Crippen molar-refractivity contribution in [2.75, 3.05) is 6.54 Å². The molecule has 0 fully saturated rings. The van der Waals surface area contributed by atoms with Gasteiger partial charge in [0.05, 0.1) is 6.54 Å². The van der Waals surface area contributed by atoms with Gasteiger partial charge in [0.15, 0.2) is 11.6 Å². The minimum absolute atomic E-state index is 0.0225. The maximum atomic E-state index is 12.6. The van der Waals surface area contributed by atoms with Crippen molar-refractivity contribution in [2.24, 2.45) is 0 Å². The van der Waals surface area contributed by atoms with Crippen LogP contribution in [0.1, 0.15) is 10.4 Å². The van der Waals surface area contributed by atoms with E-state index >= 15 is 0 Å². The number of carbonyl (C=O) groups excluding carboxylic acids is 2. The molecule has 1 aromatic rings. The summed E-state index contributed by atoms with van der Waals surface area (Å²) in [5, 5.41) is 2.20. The van der Waals surface area contributed by atoms with Gasteiger partial charge in [-0.15, -0.1) is 0 Å². The van der Waals surface area contributed by atoms with E-state index in [0.717, 1.165) is 18.2 Å². The minimum atomic E-state index is -1.09. The van der Waals surface area contributed by atoms with E-state index in [-0.39, 0.29) is 12.1 Å². The average Bonchev–Trinajstić information content (AvgIpc) is 2.18. The molecule has 0 spiro atoms. The van der Waals surface area contributed by atoms with Crippen LogP contribution >= 0.6 is 0 Å². The molecule has 0 unspecified atom stereocenters. The van der Waals surface area contributed by atoms with Crippen molar-refractivity contribution < 1.29 is 18.4 Å². The van der Waals surface area contributed by atoms with E-state index in [1.165, 1.54) is 0 Å². The molecule has 3 nitrogen and oxygen atoms in total. The Morgan fingerprint density at radius 2 is 2.07 bits per heavy atom. The zero-order chi connectivity index (χ0) is 10.6. The summed E-state index contributed by atoms with van der Waals surface area (Å²) in [6.45, 7) is -0.155. The lowest BCUT2D eigenvalue weighted by molar-refractivity contribution is -0.107. The standard InChI is InChI=1S/C9H7F2NO2/c10-7-2-1-6(5-8(7)11)9(14)12-3-4-13/h1-2,4-5H,3H2,(H,12,14). The van der Waals surface area contributed by atoms with Crippen molar-refractivity contribution in [3.05, 3.63) is 35.4 Å². The van der Waals surface area contributed by atoms with Gasteiger partial charge in [-0.05, 0) is 18.2 Å². The van der Waals surface area contributed by atoms with Gasteiger partial charge in [-0.1, -0.05) is 0 Å². The second-order valence-electron chi connectivity index (χ2n) is 2.51. The number of carbonyl (C=O) groups is 2. The highest BCUT2D eigenvalue weighted by Crippen LogP contribution is 2.08. The lowest BCUT2D eigenvalue weighted by Crippen LogP contribution is -2.25. The molecule has 0 atom stereocenters. The van der Waals surface area contributed by atoms with Crippen LogP contribution in [0.15, 0.2) is 18.2 Å². The average molecular weight is 199 g/mol. The van der Waals surface area contributed by atoms with Gasteiger partial charge in [-0.3, -0.25) is 4.79 Å². The van der Waals surface area contributed by atoms with E-state index in [9.17, 15) is 18.4 Å². The van der Waals surface area contributed by atoms with Crippen molar-refractivity contribution in [3.8, 4) is 0 Å². The first-order valence-corrected chi connectivity index (χ1v) is 3.82. The molecule has 0 aromatic heterocycles. The monoisotopic (exact) mass is 199 g/mol. The number of amides is 1. The van der Waals surface area contributed by atoms with Crippen LogP contribution in [-0.4, -0.2) is 18.7 Å². The van der Waals surface area contributed by atoms with Gasteiger partial charge in [-0.25, -0.2) is 8.78 Å². The molecule has 1 aromatic carbocycles. The van der Waals surface area contributed by atoms with Crippen molar-refractivity contribution in [1.29, 1.82) is 0 Å². The number of aldehydes is 1. The molecule has 14 heavy (non-hydrogen) atoms. The summed E-state index contributed by atoms with van der Waals surface area (Å²) < 4.78 is 25.1. The summed E-state index contributed by atoms with van der Waals surface area (Å²) in [4.78, 5) is 21.0. The van der Waals surface area contributed by atoms with Crippen LogP contribution in [0.2, 0.25) is 0 Å².